The minimum Gasteiger partial charge on any atom is -0.478 e. The van der Waals surface area contributed by atoms with Gasteiger partial charge in [-0.2, -0.15) is 0 Å². The number of rotatable bonds is 4. The van der Waals surface area contributed by atoms with Crippen LogP contribution in [0.3, 0.4) is 0 Å². The molecule has 0 bridgehead atoms. The van der Waals surface area contributed by atoms with Gasteiger partial charge in [0.25, 0.3) is 0 Å². The van der Waals surface area contributed by atoms with Crippen molar-refractivity contribution in [1.29, 1.82) is 0 Å². The van der Waals surface area contributed by atoms with E-state index in [1.807, 2.05) is 6.92 Å². The minimum absolute atomic E-state index is 0.101. The zero-order valence-electron chi connectivity index (χ0n) is 10.2. The third-order valence-corrected chi connectivity index (χ3v) is 3.74. The summed E-state index contributed by atoms with van der Waals surface area (Å²) in [7, 11) is 0. The summed E-state index contributed by atoms with van der Waals surface area (Å²) in [5, 5.41) is 10.2. The second-order valence-corrected chi connectivity index (χ2v) is 5.12. The van der Waals surface area contributed by atoms with E-state index in [1.165, 1.54) is 6.26 Å². The van der Waals surface area contributed by atoms with Crippen LogP contribution in [0.1, 0.15) is 25.3 Å². The van der Waals surface area contributed by atoms with Gasteiger partial charge in [-0.15, -0.1) is 5.48 Å². The van der Waals surface area contributed by atoms with Gasteiger partial charge in [-0.3, -0.25) is 0 Å². The highest BCUT2D eigenvalue weighted by Crippen LogP contribution is 2.44. The Balaban J connectivity index is 2.64. The highest BCUT2D eigenvalue weighted by atomic mass is 35.5. The maximum Gasteiger partial charge on any atom is 0.337 e. The van der Waals surface area contributed by atoms with Crippen molar-refractivity contribution in [1.82, 2.24) is 5.48 Å². The molecule has 1 aliphatic heterocycles. The van der Waals surface area contributed by atoms with Crippen molar-refractivity contribution in [3.05, 3.63) is 45.6 Å². The van der Waals surface area contributed by atoms with Crippen LogP contribution >= 0.6 is 23.2 Å². The van der Waals surface area contributed by atoms with Crippen molar-refractivity contribution < 1.29 is 14.7 Å². The fraction of sp³-hybridized carbons (Fsp3) is 0.308. The number of carboxylic acids is 1. The van der Waals surface area contributed by atoms with Crippen LogP contribution in [0.15, 0.2) is 30.0 Å². The number of carboxylic acid groups (broad SMARTS) is 1. The lowest BCUT2D eigenvalue weighted by Crippen LogP contribution is -2.41. The molecule has 0 saturated carbocycles. The number of benzene rings is 1. The summed E-state index contributed by atoms with van der Waals surface area (Å²) in [6, 6.07) is 5.08. The summed E-state index contributed by atoms with van der Waals surface area (Å²) >= 11 is 12.4. The van der Waals surface area contributed by atoms with E-state index in [0.29, 0.717) is 22.0 Å². The molecule has 0 aromatic heterocycles. The molecule has 2 N–H and O–H groups in total. The molecule has 2 rings (SSSR count). The van der Waals surface area contributed by atoms with E-state index < -0.39 is 11.5 Å². The monoisotopic (exact) mass is 301 g/mol. The first kappa shape index (κ1) is 14.2. The molecule has 102 valence electrons. The van der Waals surface area contributed by atoms with E-state index in [4.69, 9.17) is 28.0 Å². The molecule has 1 heterocycles. The highest BCUT2D eigenvalue weighted by Gasteiger charge is 2.46. The van der Waals surface area contributed by atoms with E-state index in [-0.39, 0.29) is 5.57 Å². The summed E-state index contributed by atoms with van der Waals surface area (Å²) < 4.78 is 0. The van der Waals surface area contributed by atoms with Gasteiger partial charge in [0, 0.05) is 15.6 Å². The zero-order chi connectivity index (χ0) is 14.0. The summed E-state index contributed by atoms with van der Waals surface area (Å²) in [6.07, 6.45) is 2.44. The van der Waals surface area contributed by atoms with Crippen molar-refractivity contribution in [2.75, 3.05) is 0 Å². The Morgan fingerprint density at radius 3 is 2.58 bits per heavy atom. The first-order valence-corrected chi connectivity index (χ1v) is 6.59. The van der Waals surface area contributed by atoms with Crippen molar-refractivity contribution in [3.8, 4) is 0 Å². The number of nitrogens with one attached hydrogen (secondary N) is 1. The van der Waals surface area contributed by atoms with Crippen molar-refractivity contribution in [2.45, 2.75) is 25.3 Å². The van der Waals surface area contributed by atoms with Crippen LogP contribution in [0.5, 0.6) is 0 Å². The van der Waals surface area contributed by atoms with Gasteiger partial charge in [0.15, 0.2) is 0 Å². The Morgan fingerprint density at radius 2 is 2.05 bits per heavy atom. The quantitative estimate of drug-likeness (QED) is 0.894. The van der Waals surface area contributed by atoms with Crippen LogP contribution < -0.4 is 5.48 Å². The fourth-order valence-corrected chi connectivity index (χ4v) is 3.07. The number of carbonyl (C=O) groups is 1. The van der Waals surface area contributed by atoms with Crippen LogP contribution in [0.25, 0.3) is 0 Å². The van der Waals surface area contributed by atoms with Gasteiger partial charge in [-0.05, 0) is 18.6 Å². The molecule has 1 unspecified atom stereocenters. The van der Waals surface area contributed by atoms with Crippen LogP contribution in [0.2, 0.25) is 10.0 Å². The zero-order valence-corrected chi connectivity index (χ0v) is 11.8. The van der Waals surface area contributed by atoms with Gasteiger partial charge in [0.2, 0.25) is 0 Å². The van der Waals surface area contributed by atoms with Crippen molar-refractivity contribution in [3.63, 3.8) is 0 Å². The molecule has 0 amide bonds. The normalized spacial score (nSPS) is 21.9. The molecule has 6 heteroatoms. The van der Waals surface area contributed by atoms with E-state index in [2.05, 4.69) is 5.48 Å². The molecule has 0 fully saturated rings. The SMILES string of the molecule is CCCC1(c2c(Cl)cccc2Cl)NOC=C1C(=O)O. The predicted octanol–water partition coefficient (Wildman–Crippen LogP) is 3.49. The number of aliphatic carboxylic acids is 1. The van der Waals surface area contributed by atoms with Crippen LogP contribution in [0.4, 0.5) is 0 Å². The van der Waals surface area contributed by atoms with Crippen LogP contribution in [0, 0.1) is 0 Å². The summed E-state index contributed by atoms with van der Waals surface area (Å²) in [5.41, 5.74) is 2.38. The smallest absolute Gasteiger partial charge is 0.337 e. The number of hydrogen-bond acceptors (Lipinski definition) is 3. The molecule has 0 saturated heterocycles. The fourth-order valence-electron chi connectivity index (χ4n) is 2.35. The van der Waals surface area contributed by atoms with E-state index in [9.17, 15) is 9.90 Å². The van der Waals surface area contributed by atoms with Crippen molar-refractivity contribution >= 4 is 29.2 Å². The third kappa shape index (κ3) is 2.31. The first-order valence-electron chi connectivity index (χ1n) is 5.84. The minimum atomic E-state index is -1.06. The largest absolute Gasteiger partial charge is 0.478 e. The molecular weight excluding hydrogens is 289 g/mol. The molecule has 1 aromatic rings. The molecule has 19 heavy (non-hydrogen) atoms. The average molecular weight is 302 g/mol. The second-order valence-electron chi connectivity index (χ2n) is 4.31. The Kier molecular flexibility index (Phi) is 4.04. The number of hydroxylamine groups is 1. The lowest BCUT2D eigenvalue weighted by atomic mass is 9.80. The molecule has 0 spiro atoms. The summed E-state index contributed by atoms with van der Waals surface area (Å²) in [5.74, 6) is -1.06. The average Bonchev–Trinajstić information content (AvgIpc) is 2.74. The highest BCUT2D eigenvalue weighted by molar-refractivity contribution is 6.36. The molecule has 1 aliphatic rings. The van der Waals surface area contributed by atoms with Gasteiger partial charge >= 0.3 is 5.97 Å². The standard InChI is InChI=1S/C13H13Cl2NO3/c1-2-6-13(8(12(17)18)7-19-16-13)11-9(14)4-3-5-10(11)15/h3-5,7,16H,2,6H2,1H3,(H,17,18). The Bertz CT molecular complexity index is 524. The van der Waals surface area contributed by atoms with Gasteiger partial charge in [-0.25, -0.2) is 4.79 Å². The van der Waals surface area contributed by atoms with E-state index in [0.717, 1.165) is 6.42 Å². The van der Waals surface area contributed by atoms with Gasteiger partial charge in [0.1, 0.15) is 17.4 Å². The lowest BCUT2D eigenvalue weighted by molar-refractivity contribution is -0.133. The lowest BCUT2D eigenvalue weighted by Gasteiger charge is -2.30. The molecule has 0 radical (unpaired) electrons. The van der Waals surface area contributed by atoms with E-state index >= 15 is 0 Å². The van der Waals surface area contributed by atoms with Gasteiger partial charge < -0.3 is 9.94 Å². The maximum atomic E-state index is 11.4. The van der Waals surface area contributed by atoms with E-state index in [1.54, 1.807) is 18.2 Å². The molecule has 0 aliphatic carbocycles. The Labute approximate surface area is 120 Å². The third-order valence-electron chi connectivity index (χ3n) is 3.11. The Hall–Kier alpha value is -1.23. The van der Waals surface area contributed by atoms with Crippen LogP contribution in [-0.4, -0.2) is 11.1 Å². The Morgan fingerprint density at radius 1 is 1.42 bits per heavy atom. The molecule has 1 aromatic carbocycles. The molecular formula is C13H13Cl2NO3. The predicted molar refractivity (Wildman–Crippen MR) is 73.0 cm³/mol. The van der Waals surface area contributed by atoms with Crippen molar-refractivity contribution in [2.24, 2.45) is 0 Å². The molecule has 4 nitrogen and oxygen atoms in total. The first-order chi connectivity index (χ1) is 9.03. The number of halogens is 2. The van der Waals surface area contributed by atoms with Crippen LogP contribution in [-0.2, 0) is 15.2 Å². The number of hydrogen-bond donors (Lipinski definition) is 2. The maximum absolute atomic E-state index is 11.4. The molecule has 1 atom stereocenters. The van der Waals surface area contributed by atoms with Gasteiger partial charge in [0.05, 0.1) is 0 Å². The topological polar surface area (TPSA) is 58.6 Å². The van der Waals surface area contributed by atoms with Gasteiger partial charge in [-0.1, -0.05) is 42.6 Å². The second kappa shape index (κ2) is 5.41. The summed E-state index contributed by atoms with van der Waals surface area (Å²) in [6.45, 7) is 1.95. The summed E-state index contributed by atoms with van der Waals surface area (Å²) in [4.78, 5) is 16.5.